The molecule has 1 aromatic heterocycles. The summed E-state index contributed by atoms with van der Waals surface area (Å²) in [6, 6.07) is 8.62. The van der Waals surface area contributed by atoms with Crippen molar-refractivity contribution in [2.75, 3.05) is 19.8 Å². The van der Waals surface area contributed by atoms with Crippen LogP contribution in [0.25, 0.3) is 5.69 Å². The van der Waals surface area contributed by atoms with Crippen LogP contribution in [-0.2, 0) is 4.74 Å². The van der Waals surface area contributed by atoms with Gasteiger partial charge >= 0.3 is 5.69 Å². The van der Waals surface area contributed by atoms with Crippen molar-refractivity contribution in [3.05, 3.63) is 56.7 Å². The van der Waals surface area contributed by atoms with Crippen LogP contribution >= 0.6 is 0 Å². The summed E-state index contributed by atoms with van der Waals surface area (Å²) in [5.74, 6) is 0.180. The minimum atomic E-state index is -0.696. The maximum atomic E-state index is 12.1. The monoisotopic (exact) mass is 401 g/mol. The molecule has 0 amide bonds. The highest BCUT2D eigenvalue weighted by Gasteiger charge is 2.13. The second-order valence-electron chi connectivity index (χ2n) is 7.05. The Morgan fingerprint density at radius 1 is 1.21 bits per heavy atom. The molecule has 0 saturated carbocycles. The predicted octanol–water partition coefficient (Wildman–Crippen LogP) is 3.27. The molecule has 0 aliphatic rings. The molecular weight excluding hydrogens is 370 g/mol. The van der Waals surface area contributed by atoms with Gasteiger partial charge in [0, 0.05) is 26.0 Å². The molecule has 0 aliphatic heterocycles. The predicted molar refractivity (Wildman–Crippen MR) is 116 cm³/mol. The molecule has 0 spiro atoms. The van der Waals surface area contributed by atoms with Gasteiger partial charge in [-0.25, -0.2) is 9.36 Å². The van der Waals surface area contributed by atoms with Gasteiger partial charge in [-0.05, 0) is 30.9 Å². The van der Waals surface area contributed by atoms with Crippen molar-refractivity contribution in [2.45, 2.75) is 46.0 Å². The van der Waals surface area contributed by atoms with Gasteiger partial charge in [0.05, 0.1) is 5.69 Å². The fourth-order valence-electron chi connectivity index (χ4n) is 3.03. The number of aliphatic imine (C=N–C) groups is 1. The summed E-state index contributed by atoms with van der Waals surface area (Å²) >= 11 is 0. The van der Waals surface area contributed by atoms with E-state index in [-0.39, 0.29) is 5.56 Å². The number of aromatic hydroxyl groups is 1. The van der Waals surface area contributed by atoms with Gasteiger partial charge in [-0.1, -0.05) is 51.3 Å². The van der Waals surface area contributed by atoms with E-state index in [1.807, 2.05) is 0 Å². The zero-order valence-electron chi connectivity index (χ0n) is 17.3. The van der Waals surface area contributed by atoms with Crippen LogP contribution in [0.15, 0.2) is 44.9 Å². The summed E-state index contributed by atoms with van der Waals surface area (Å²) in [4.78, 5) is 30.6. The topological polar surface area (TPSA) is 96.7 Å². The maximum absolute atomic E-state index is 12.1. The van der Waals surface area contributed by atoms with E-state index < -0.39 is 17.1 Å². The molecule has 0 aliphatic carbocycles. The largest absolute Gasteiger partial charge is 0.493 e. The van der Waals surface area contributed by atoms with Crippen molar-refractivity contribution in [1.82, 2.24) is 9.55 Å². The molecule has 7 nitrogen and oxygen atoms in total. The lowest BCUT2D eigenvalue weighted by molar-refractivity contribution is 0.0933. The van der Waals surface area contributed by atoms with E-state index in [1.54, 1.807) is 30.3 Å². The number of hydrogen-bond donors (Lipinski definition) is 2. The normalized spacial score (nSPS) is 12.5. The van der Waals surface area contributed by atoms with Gasteiger partial charge in [0.1, 0.15) is 5.56 Å². The summed E-state index contributed by atoms with van der Waals surface area (Å²) in [6.45, 7) is 6.22. The number of rotatable bonds is 12. The zero-order valence-corrected chi connectivity index (χ0v) is 17.3. The van der Waals surface area contributed by atoms with Crippen molar-refractivity contribution >= 4 is 6.21 Å². The number of ether oxygens (including phenoxy) is 1. The van der Waals surface area contributed by atoms with Gasteiger partial charge in [0.15, 0.2) is 0 Å². The lowest BCUT2D eigenvalue weighted by Crippen LogP contribution is -2.31. The Hall–Kier alpha value is -2.67. The first kappa shape index (κ1) is 22.6. The van der Waals surface area contributed by atoms with Gasteiger partial charge in [-0.3, -0.25) is 14.8 Å². The third-order valence-electron chi connectivity index (χ3n) is 4.83. The first-order valence-corrected chi connectivity index (χ1v) is 10.3. The van der Waals surface area contributed by atoms with E-state index in [0.717, 1.165) is 24.0 Å². The van der Waals surface area contributed by atoms with E-state index in [9.17, 15) is 14.7 Å². The molecule has 1 aromatic carbocycles. The number of nitrogens with one attached hydrogen (secondary N) is 1. The quantitative estimate of drug-likeness (QED) is 0.421. The Labute approximate surface area is 171 Å². The lowest BCUT2D eigenvalue weighted by Gasteiger charge is -2.14. The Morgan fingerprint density at radius 3 is 2.66 bits per heavy atom. The molecule has 2 N–H and O–H groups in total. The average molecular weight is 402 g/mol. The Morgan fingerprint density at radius 2 is 1.97 bits per heavy atom. The Kier molecular flexibility index (Phi) is 9.37. The van der Waals surface area contributed by atoms with Crippen LogP contribution in [0.2, 0.25) is 0 Å². The summed E-state index contributed by atoms with van der Waals surface area (Å²) in [6.07, 6.45) is 6.78. The van der Waals surface area contributed by atoms with Crippen LogP contribution in [0, 0.1) is 5.92 Å². The van der Waals surface area contributed by atoms with Crippen LogP contribution in [0.4, 0.5) is 0 Å². The summed E-state index contributed by atoms with van der Waals surface area (Å²) < 4.78 is 6.79. The molecule has 0 saturated heterocycles. The van der Waals surface area contributed by atoms with Crippen LogP contribution < -0.4 is 11.2 Å². The van der Waals surface area contributed by atoms with Crippen LogP contribution in [0.5, 0.6) is 5.88 Å². The van der Waals surface area contributed by atoms with Crippen molar-refractivity contribution in [3.8, 4) is 11.6 Å². The highest BCUT2D eigenvalue weighted by atomic mass is 16.5. The molecule has 29 heavy (non-hydrogen) atoms. The number of aromatic amines is 1. The second-order valence-corrected chi connectivity index (χ2v) is 7.05. The second kappa shape index (κ2) is 12.0. The summed E-state index contributed by atoms with van der Waals surface area (Å²) in [5.41, 5.74) is -0.943. The summed E-state index contributed by atoms with van der Waals surface area (Å²) in [5, 5.41) is 10.4. The molecule has 2 aromatic rings. The Balaban J connectivity index is 1.93. The zero-order chi connectivity index (χ0) is 21.1. The molecule has 0 unspecified atom stereocenters. The molecule has 2 rings (SSSR count). The number of H-pyrrole nitrogens is 1. The highest BCUT2D eigenvalue weighted by Crippen LogP contribution is 2.15. The third kappa shape index (κ3) is 6.71. The van der Waals surface area contributed by atoms with Gasteiger partial charge in [0.2, 0.25) is 5.88 Å². The fraction of sp³-hybridized carbons (Fsp3) is 0.500. The number of benzene rings is 1. The van der Waals surface area contributed by atoms with Crippen molar-refractivity contribution in [3.63, 3.8) is 0 Å². The molecule has 1 heterocycles. The third-order valence-corrected chi connectivity index (χ3v) is 4.83. The minimum Gasteiger partial charge on any atom is -0.493 e. The van der Waals surface area contributed by atoms with E-state index in [2.05, 4.69) is 23.8 Å². The molecule has 158 valence electrons. The number of aromatic nitrogens is 2. The van der Waals surface area contributed by atoms with Gasteiger partial charge in [0.25, 0.3) is 5.56 Å². The molecule has 7 heteroatoms. The van der Waals surface area contributed by atoms with Gasteiger partial charge < -0.3 is 9.84 Å². The van der Waals surface area contributed by atoms with E-state index >= 15 is 0 Å². The van der Waals surface area contributed by atoms with Crippen molar-refractivity contribution in [2.24, 2.45) is 10.9 Å². The standard InChI is InChI=1S/C22H31N3O4/c1-3-5-10-17(4-2)16-29-14-9-13-23-15-19-20(26)24-22(28)25(21(19)27)18-11-7-6-8-12-18/h6-8,11-12,15,17,27H,3-5,9-10,13-14,16H2,1-2H3,(H,24,26,28)/t17-/m0/s1. The van der Waals surface area contributed by atoms with Gasteiger partial charge in [-0.2, -0.15) is 0 Å². The molecular formula is C22H31N3O4. The van der Waals surface area contributed by atoms with E-state index in [1.165, 1.54) is 25.5 Å². The first-order valence-electron chi connectivity index (χ1n) is 10.3. The van der Waals surface area contributed by atoms with Gasteiger partial charge in [-0.15, -0.1) is 0 Å². The first-order chi connectivity index (χ1) is 14.1. The SMILES string of the molecule is CCCC[C@H](CC)COCCCN=Cc1c(O)n(-c2ccccc2)c(=O)[nH]c1=O. The number of nitrogens with zero attached hydrogens (tertiary/aromatic N) is 2. The Bertz CT molecular complexity index is 887. The molecule has 1 atom stereocenters. The van der Waals surface area contributed by atoms with Crippen molar-refractivity contribution in [1.29, 1.82) is 0 Å². The highest BCUT2D eigenvalue weighted by molar-refractivity contribution is 5.82. The van der Waals surface area contributed by atoms with Crippen LogP contribution in [-0.4, -0.2) is 40.6 Å². The minimum absolute atomic E-state index is 0.0417. The smallest absolute Gasteiger partial charge is 0.335 e. The molecule has 0 bridgehead atoms. The van der Waals surface area contributed by atoms with Crippen molar-refractivity contribution < 1.29 is 9.84 Å². The van der Waals surface area contributed by atoms with E-state index in [0.29, 0.717) is 24.8 Å². The fourth-order valence-corrected chi connectivity index (χ4v) is 3.03. The number of unbranched alkanes of at least 4 members (excludes halogenated alkanes) is 1. The molecule has 0 radical (unpaired) electrons. The number of hydrogen-bond acceptors (Lipinski definition) is 5. The average Bonchev–Trinajstić information content (AvgIpc) is 2.72. The van der Waals surface area contributed by atoms with Crippen LogP contribution in [0.1, 0.15) is 51.5 Å². The van der Waals surface area contributed by atoms with Crippen LogP contribution in [0.3, 0.4) is 0 Å². The summed E-state index contributed by atoms with van der Waals surface area (Å²) in [7, 11) is 0. The maximum Gasteiger partial charge on any atom is 0.335 e. The number of para-hydroxylation sites is 1. The molecule has 0 fully saturated rings. The lowest BCUT2D eigenvalue weighted by atomic mass is 10.0. The van der Waals surface area contributed by atoms with E-state index in [4.69, 9.17) is 4.74 Å².